The summed E-state index contributed by atoms with van der Waals surface area (Å²) < 4.78 is 44.4. The van der Waals surface area contributed by atoms with Gasteiger partial charge in [-0.3, -0.25) is 0 Å². The number of carboxylic acids is 1. The van der Waals surface area contributed by atoms with Crippen LogP contribution in [0.1, 0.15) is 20.3 Å². The molecular weight excluding hydrogens is 287 g/mol. The molecule has 0 aromatic heterocycles. The SMILES string of the molecule is COC1CC(C)S(=O)(=O)C2=C1C(C)C(F)(C(=O)O)C=C2. The lowest BCUT2D eigenvalue weighted by atomic mass is 9.77. The van der Waals surface area contributed by atoms with E-state index in [1.165, 1.54) is 14.0 Å². The van der Waals surface area contributed by atoms with Crippen molar-refractivity contribution in [2.45, 2.75) is 37.3 Å². The number of methoxy groups -OCH3 is 1. The third-order valence-corrected chi connectivity index (χ3v) is 6.44. The maximum Gasteiger partial charge on any atom is 0.346 e. The summed E-state index contributed by atoms with van der Waals surface area (Å²) in [5, 5.41) is 8.42. The first-order chi connectivity index (χ1) is 9.16. The van der Waals surface area contributed by atoms with E-state index in [9.17, 15) is 17.6 Å². The molecule has 0 bridgehead atoms. The summed E-state index contributed by atoms with van der Waals surface area (Å²) >= 11 is 0. The van der Waals surface area contributed by atoms with Crippen molar-refractivity contribution in [3.05, 3.63) is 22.6 Å². The van der Waals surface area contributed by atoms with E-state index < -0.39 is 38.7 Å². The molecule has 7 heteroatoms. The van der Waals surface area contributed by atoms with Gasteiger partial charge in [-0.1, -0.05) is 6.92 Å². The first-order valence-electron chi connectivity index (χ1n) is 6.28. The van der Waals surface area contributed by atoms with Gasteiger partial charge in [0, 0.05) is 13.0 Å². The Morgan fingerprint density at radius 1 is 1.50 bits per heavy atom. The van der Waals surface area contributed by atoms with Crippen LogP contribution in [-0.2, 0) is 19.4 Å². The van der Waals surface area contributed by atoms with Crippen molar-refractivity contribution in [2.24, 2.45) is 5.92 Å². The zero-order chi connectivity index (χ0) is 15.3. The van der Waals surface area contributed by atoms with Crippen LogP contribution in [0.3, 0.4) is 0 Å². The van der Waals surface area contributed by atoms with Gasteiger partial charge in [-0.25, -0.2) is 17.6 Å². The minimum Gasteiger partial charge on any atom is -0.479 e. The predicted molar refractivity (Wildman–Crippen MR) is 70.6 cm³/mol. The number of aliphatic carboxylic acids is 1. The Hall–Kier alpha value is -1.21. The molecule has 2 rings (SSSR count). The molecule has 0 amide bonds. The summed E-state index contributed by atoms with van der Waals surface area (Å²) in [6.45, 7) is 2.95. The van der Waals surface area contributed by atoms with Crippen LogP contribution in [0.5, 0.6) is 0 Å². The first kappa shape index (κ1) is 15.2. The van der Waals surface area contributed by atoms with Gasteiger partial charge in [-0.05, 0) is 31.1 Å². The molecule has 0 saturated carbocycles. The Kier molecular flexibility index (Phi) is 3.54. The van der Waals surface area contributed by atoms with Crippen LogP contribution >= 0.6 is 0 Å². The maximum absolute atomic E-state index is 14.5. The van der Waals surface area contributed by atoms with Crippen LogP contribution in [0.25, 0.3) is 0 Å². The molecule has 0 aromatic carbocycles. The lowest BCUT2D eigenvalue weighted by Gasteiger charge is -2.39. The highest BCUT2D eigenvalue weighted by Crippen LogP contribution is 2.45. The van der Waals surface area contributed by atoms with E-state index in [0.717, 1.165) is 12.2 Å². The monoisotopic (exact) mass is 304 g/mol. The van der Waals surface area contributed by atoms with Crippen LogP contribution in [0, 0.1) is 5.92 Å². The Labute approximate surface area is 117 Å². The molecule has 0 saturated heterocycles. The lowest BCUT2D eigenvalue weighted by Crippen LogP contribution is -2.47. The van der Waals surface area contributed by atoms with Gasteiger partial charge in [-0.15, -0.1) is 0 Å². The van der Waals surface area contributed by atoms with Crippen molar-refractivity contribution in [1.82, 2.24) is 0 Å². The van der Waals surface area contributed by atoms with Gasteiger partial charge < -0.3 is 9.84 Å². The second-order valence-corrected chi connectivity index (χ2v) is 7.60. The molecule has 20 heavy (non-hydrogen) atoms. The van der Waals surface area contributed by atoms with Crippen molar-refractivity contribution in [3.8, 4) is 0 Å². The van der Waals surface area contributed by atoms with Gasteiger partial charge in [0.25, 0.3) is 0 Å². The summed E-state index contributed by atoms with van der Waals surface area (Å²) in [5.41, 5.74) is -2.39. The second kappa shape index (κ2) is 4.66. The molecule has 5 nitrogen and oxygen atoms in total. The number of carbonyl (C=O) groups is 1. The molecular formula is C13H17FO5S. The van der Waals surface area contributed by atoms with Gasteiger partial charge in [-0.2, -0.15) is 0 Å². The van der Waals surface area contributed by atoms with Crippen LogP contribution in [0.4, 0.5) is 4.39 Å². The second-order valence-electron chi connectivity index (χ2n) is 5.26. The smallest absolute Gasteiger partial charge is 0.346 e. The molecule has 1 aliphatic carbocycles. The third kappa shape index (κ3) is 1.91. The molecule has 0 spiro atoms. The van der Waals surface area contributed by atoms with E-state index in [1.54, 1.807) is 6.92 Å². The number of hydrogen-bond acceptors (Lipinski definition) is 4. The minimum atomic E-state index is -3.56. The van der Waals surface area contributed by atoms with Gasteiger partial charge >= 0.3 is 5.97 Å². The standard InChI is InChI=1S/C13H17FO5S/c1-7-6-9(19-3)11-8(2)13(14,12(15)16)5-4-10(11)20(7,17)18/h4-5,7-9H,6H2,1-3H3,(H,15,16). The topological polar surface area (TPSA) is 80.7 Å². The van der Waals surface area contributed by atoms with Crippen molar-refractivity contribution in [2.75, 3.05) is 7.11 Å². The highest BCUT2D eigenvalue weighted by Gasteiger charge is 2.52. The van der Waals surface area contributed by atoms with Crippen molar-refractivity contribution < 1.29 is 27.4 Å². The van der Waals surface area contributed by atoms with Crippen molar-refractivity contribution in [3.63, 3.8) is 0 Å². The number of rotatable bonds is 2. The highest BCUT2D eigenvalue weighted by atomic mass is 32.2. The molecule has 2 aliphatic rings. The molecule has 1 aliphatic heterocycles. The van der Waals surface area contributed by atoms with E-state index in [2.05, 4.69) is 0 Å². The predicted octanol–water partition coefficient (Wildman–Crippen LogP) is 1.46. The van der Waals surface area contributed by atoms with E-state index in [4.69, 9.17) is 9.84 Å². The lowest BCUT2D eigenvalue weighted by molar-refractivity contribution is -0.150. The number of hydrogen-bond donors (Lipinski definition) is 1. The summed E-state index contributed by atoms with van der Waals surface area (Å²) in [5.74, 6) is -2.72. The molecule has 1 heterocycles. The first-order valence-corrected chi connectivity index (χ1v) is 7.83. The number of sulfone groups is 1. The fourth-order valence-electron chi connectivity index (χ4n) is 2.83. The molecule has 0 aromatic rings. The maximum atomic E-state index is 14.5. The van der Waals surface area contributed by atoms with E-state index in [0.29, 0.717) is 0 Å². The van der Waals surface area contributed by atoms with Crippen LogP contribution in [0.15, 0.2) is 22.6 Å². The number of ether oxygens (including phenoxy) is 1. The molecule has 0 fully saturated rings. The number of halogens is 1. The summed E-state index contributed by atoms with van der Waals surface area (Å²) in [7, 11) is -2.15. The Morgan fingerprint density at radius 2 is 2.10 bits per heavy atom. The summed E-state index contributed by atoms with van der Waals surface area (Å²) in [6.07, 6.45) is 1.51. The Morgan fingerprint density at radius 3 is 2.60 bits per heavy atom. The van der Waals surface area contributed by atoms with Gasteiger partial charge in [0.05, 0.1) is 16.3 Å². The normalized spacial score (nSPS) is 39.5. The number of carboxylic acid groups (broad SMARTS) is 1. The van der Waals surface area contributed by atoms with E-state index in [1.807, 2.05) is 0 Å². The fraction of sp³-hybridized carbons (Fsp3) is 0.615. The minimum absolute atomic E-state index is 0.00475. The average molecular weight is 304 g/mol. The third-order valence-electron chi connectivity index (χ3n) is 4.20. The van der Waals surface area contributed by atoms with Crippen LogP contribution < -0.4 is 0 Å². The quantitative estimate of drug-likeness (QED) is 0.835. The zero-order valence-corrected chi connectivity index (χ0v) is 12.3. The largest absolute Gasteiger partial charge is 0.479 e. The Bertz CT molecular complexity index is 606. The fourth-order valence-corrected chi connectivity index (χ4v) is 4.58. The molecule has 0 radical (unpaired) electrons. The molecule has 1 N–H and O–H groups in total. The van der Waals surface area contributed by atoms with Crippen molar-refractivity contribution >= 4 is 15.8 Å². The number of alkyl halides is 1. The summed E-state index contributed by atoms with van der Waals surface area (Å²) in [4.78, 5) is 11.1. The summed E-state index contributed by atoms with van der Waals surface area (Å²) in [6, 6.07) is 0. The van der Waals surface area contributed by atoms with Crippen LogP contribution in [0.2, 0.25) is 0 Å². The van der Waals surface area contributed by atoms with E-state index in [-0.39, 0.29) is 16.9 Å². The molecule has 4 unspecified atom stereocenters. The van der Waals surface area contributed by atoms with Gasteiger partial charge in [0.1, 0.15) is 0 Å². The average Bonchev–Trinajstić information content (AvgIpc) is 2.37. The van der Waals surface area contributed by atoms with E-state index >= 15 is 0 Å². The van der Waals surface area contributed by atoms with Crippen LogP contribution in [-0.4, -0.2) is 43.6 Å². The Balaban J connectivity index is 2.65. The van der Waals surface area contributed by atoms with Crippen molar-refractivity contribution in [1.29, 1.82) is 0 Å². The van der Waals surface area contributed by atoms with Gasteiger partial charge in [0.15, 0.2) is 9.84 Å². The number of allylic oxidation sites excluding steroid dienone is 1. The molecule has 4 atom stereocenters. The molecule has 112 valence electrons. The van der Waals surface area contributed by atoms with Gasteiger partial charge in [0.2, 0.25) is 5.67 Å². The zero-order valence-electron chi connectivity index (χ0n) is 11.5. The highest BCUT2D eigenvalue weighted by molar-refractivity contribution is 7.96.